The van der Waals surface area contributed by atoms with Crippen molar-refractivity contribution in [3.8, 4) is 0 Å². The second kappa shape index (κ2) is 5.33. The number of benzene rings is 2. The molecule has 2 aromatic rings. The Labute approximate surface area is 117 Å². The largest absolute Gasteiger partial charge is 0.398 e. The van der Waals surface area contributed by atoms with E-state index in [0.717, 1.165) is 5.56 Å². The molecule has 0 aliphatic carbocycles. The second-order valence-electron chi connectivity index (χ2n) is 4.45. The van der Waals surface area contributed by atoms with Gasteiger partial charge in [0.25, 0.3) is 0 Å². The normalized spacial score (nSPS) is 12.1. The van der Waals surface area contributed by atoms with Crippen LogP contribution in [0.4, 0.5) is 11.4 Å². The maximum atomic E-state index is 12.0. The minimum atomic E-state index is -0.486. The number of carbonyl (C=O) groups excluding carboxylic acids is 1. The van der Waals surface area contributed by atoms with Crippen molar-refractivity contribution in [2.45, 2.75) is 12.8 Å². The zero-order valence-electron chi connectivity index (χ0n) is 10.6. The fraction of sp³-hybridized carbons (Fsp3) is 0.133. The van der Waals surface area contributed by atoms with E-state index >= 15 is 0 Å². The molecule has 19 heavy (non-hydrogen) atoms. The van der Waals surface area contributed by atoms with Gasteiger partial charge in [-0.2, -0.15) is 0 Å². The molecule has 4 heteroatoms. The molecule has 98 valence electrons. The average Bonchev–Trinajstić information content (AvgIpc) is 2.36. The first-order valence-corrected chi connectivity index (χ1v) is 6.28. The van der Waals surface area contributed by atoms with Crippen LogP contribution in [0.5, 0.6) is 0 Å². The van der Waals surface area contributed by atoms with E-state index in [4.69, 9.17) is 23.1 Å². The van der Waals surface area contributed by atoms with Gasteiger partial charge in [0, 0.05) is 16.4 Å². The molecule has 0 saturated heterocycles. The molecule has 3 nitrogen and oxygen atoms in total. The van der Waals surface area contributed by atoms with Gasteiger partial charge in [-0.15, -0.1) is 0 Å². The highest BCUT2D eigenvalue weighted by atomic mass is 35.5. The Balaban J connectivity index is 2.62. The van der Waals surface area contributed by atoms with E-state index in [2.05, 4.69) is 0 Å². The van der Waals surface area contributed by atoms with Crippen molar-refractivity contribution < 1.29 is 4.79 Å². The van der Waals surface area contributed by atoms with Gasteiger partial charge in [-0.05, 0) is 42.3 Å². The molecule has 1 atom stereocenters. The first kappa shape index (κ1) is 13.4. The van der Waals surface area contributed by atoms with Gasteiger partial charge in [-0.25, -0.2) is 0 Å². The molecular formula is C15H15ClN2O. The van der Waals surface area contributed by atoms with Gasteiger partial charge in [0.05, 0.1) is 5.92 Å². The van der Waals surface area contributed by atoms with Crippen molar-refractivity contribution in [2.75, 3.05) is 11.5 Å². The van der Waals surface area contributed by atoms with Crippen LogP contribution in [0.15, 0.2) is 42.5 Å². The summed E-state index contributed by atoms with van der Waals surface area (Å²) < 4.78 is 0. The number of ketones is 1. The molecule has 2 aromatic carbocycles. The number of anilines is 2. The van der Waals surface area contributed by atoms with Crippen molar-refractivity contribution in [1.82, 2.24) is 0 Å². The molecular weight excluding hydrogens is 260 g/mol. The van der Waals surface area contributed by atoms with E-state index in [1.54, 1.807) is 24.3 Å². The first-order valence-electron chi connectivity index (χ1n) is 5.90. The Morgan fingerprint density at radius 2 is 1.68 bits per heavy atom. The lowest BCUT2D eigenvalue weighted by atomic mass is 9.86. The first-order chi connectivity index (χ1) is 9.00. The van der Waals surface area contributed by atoms with Crippen LogP contribution in [0, 0.1) is 0 Å². The van der Waals surface area contributed by atoms with Gasteiger partial charge >= 0.3 is 0 Å². The second-order valence-corrected chi connectivity index (χ2v) is 4.88. The summed E-state index contributed by atoms with van der Waals surface area (Å²) in [5, 5.41) is 0.546. The summed E-state index contributed by atoms with van der Waals surface area (Å²) in [5.74, 6) is -0.508. The molecule has 0 heterocycles. The van der Waals surface area contributed by atoms with E-state index < -0.39 is 5.92 Å². The lowest BCUT2D eigenvalue weighted by Gasteiger charge is -2.19. The lowest BCUT2D eigenvalue weighted by Crippen LogP contribution is -2.14. The molecule has 0 aromatic heterocycles. The molecule has 2 rings (SSSR count). The standard InChI is InChI=1S/C15H15ClN2O/c1-9(19)15(11-4-2-3-5-13(11)17)12-8-10(16)6-7-14(12)18/h2-8,15H,17-18H2,1H3. The Morgan fingerprint density at radius 1 is 1.05 bits per heavy atom. The molecule has 0 fully saturated rings. The molecule has 0 amide bonds. The van der Waals surface area contributed by atoms with Gasteiger partial charge in [0.15, 0.2) is 0 Å². The molecule has 0 aliphatic rings. The number of halogens is 1. The number of para-hydroxylation sites is 1. The summed E-state index contributed by atoms with van der Waals surface area (Å²) in [4.78, 5) is 12.0. The van der Waals surface area contributed by atoms with Crippen LogP contribution in [0.2, 0.25) is 5.02 Å². The predicted octanol–water partition coefficient (Wildman–Crippen LogP) is 3.23. The number of hydrogen-bond donors (Lipinski definition) is 2. The Hall–Kier alpha value is -2.00. The fourth-order valence-corrected chi connectivity index (χ4v) is 2.36. The molecule has 4 N–H and O–H groups in total. The zero-order valence-corrected chi connectivity index (χ0v) is 11.3. The van der Waals surface area contributed by atoms with Gasteiger partial charge in [0.2, 0.25) is 0 Å². The van der Waals surface area contributed by atoms with Crippen LogP contribution in [0.3, 0.4) is 0 Å². The van der Waals surface area contributed by atoms with E-state index in [0.29, 0.717) is 22.0 Å². The minimum Gasteiger partial charge on any atom is -0.398 e. The van der Waals surface area contributed by atoms with Crippen molar-refractivity contribution in [3.05, 3.63) is 58.6 Å². The lowest BCUT2D eigenvalue weighted by molar-refractivity contribution is -0.117. The molecule has 0 saturated carbocycles. The van der Waals surface area contributed by atoms with Crippen molar-refractivity contribution >= 4 is 28.8 Å². The third-order valence-electron chi connectivity index (χ3n) is 3.07. The van der Waals surface area contributed by atoms with E-state index in [1.807, 2.05) is 18.2 Å². The summed E-state index contributed by atoms with van der Waals surface area (Å²) in [6.45, 7) is 1.53. The van der Waals surface area contributed by atoms with Crippen molar-refractivity contribution in [3.63, 3.8) is 0 Å². The number of carbonyl (C=O) groups is 1. The molecule has 0 aliphatic heterocycles. The molecule has 0 radical (unpaired) electrons. The van der Waals surface area contributed by atoms with Gasteiger partial charge in [-0.1, -0.05) is 29.8 Å². The number of nitrogen functional groups attached to an aromatic ring is 2. The zero-order chi connectivity index (χ0) is 14.0. The highest BCUT2D eigenvalue weighted by molar-refractivity contribution is 6.30. The van der Waals surface area contributed by atoms with E-state index in [9.17, 15) is 4.79 Å². The van der Waals surface area contributed by atoms with Gasteiger partial charge in [-0.3, -0.25) is 4.79 Å². The number of nitrogens with two attached hydrogens (primary N) is 2. The van der Waals surface area contributed by atoms with Gasteiger partial charge < -0.3 is 11.5 Å². The highest BCUT2D eigenvalue weighted by Gasteiger charge is 2.23. The molecule has 0 spiro atoms. The van der Waals surface area contributed by atoms with E-state index in [1.165, 1.54) is 6.92 Å². The van der Waals surface area contributed by atoms with Crippen LogP contribution in [0.1, 0.15) is 24.0 Å². The van der Waals surface area contributed by atoms with Crippen molar-refractivity contribution in [1.29, 1.82) is 0 Å². The van der Waals surface area contributed by atoms with Crippen LogP contribution in [-0.2, 0) is 4.79 Å². The van der Waals surface area contributed by atoms with Crippen LogP contribution >= 0.6 is 11.6 Å². The third kappa shape index (κ3) is 2.71. The Kier molecular flexibility index (Phi) is 3.76. The smallest absolute Gasteiger partial charge is 0.141 e. The summed E-state index contributed by atoms with van der Waals surface area (Å²) in [6, 6.07) is 12.4. The average molecular weight is 275 g/mol. The number of rotatable bonds is 3. The third-order valence-corrected chi connectivity index (χ3v) is 3.31. The highest BCUT2D eigenvalue weighted by Crippen LogP contribution is 2.34. The van der Waals surface area contributed by atoms with Gasteiger partial charge in [0.1, 0.15) is 5.78 Å². The number of Topliss-reactive ketones (excluding diaryl/α,β-unsaturated/α-hetero) is 1. The maximum absolute atomic E-state index is 12.0. The summed E-state index contributed by atoms with van der Waals surface area (Å²) in [5.41, 5.74) is 14.5. The van der Waals surface area contributed by atoms with E-state index in [-0.39, 0.29) is 5.78 Å². The predicted molar refractivity (Wildman–Crippen MR) is 79.2 cm³/mol. The number of hydrogen-bond acceptors (Lipinski definition) is 3. The molecule has 0 bridgehead atoms. The summed E-state index contributed by atoms with van der Waals surface area (Å²) >= 11 is 5.99. The minimum absolute atomic E-state index is 0.0214. The SMILES string of the molecule is CC(=O)C(c1ccccc1N)c1cc(Cl)ccc1N. The topological polar surface area (TPSA) is 69.1 Å². The molecule has 1 unspecified atom stereocenters. The quantitative estimate of drug-likeness (QED) is 0.844. The Bertz CT molecular complexity index is 625. The van der Waals surface area contributed by atoms with Crippen LogP contribution in [0.25, 0.3) is 0 Å². The monoisotopic (exact) mass is 274 g/mol. The Morgan fingerprint density at radius 3 is 2.32 bits per heavy atom. The maximum Gasteiger partial charge on any atom is 0.141 e. The van der Waals surface area contributed by atoms with Crippen LogP contribution in [-0.4, -0.2) is 5.78 Å². The summed E-state index contributed by atoms with van der Waals surface area (Å²) in [6.07, 6.45) is 0. The van der Waals surface area contributed by atoms with Crippen LogP contribution < -0.4 is 11.5 Å². The summed E-state index contributed by atoms with van der Waals surface area (Å²) in [7, 11) is 0. The fourth-order valence-electron chi connectivity index (χ4n) is 2.17. The van der Waals surface area contributed by atoms with Crippen molar-refractivity contribution in [2.24, 2.45) is 0 Å².